The van der Waals surface area contributed by atoms with Crippen molar-refractivity contribution in [2.75, 3.05) is 26.9 Å². The standard InChI is InChI=1S/C16H27NO2S/c1-3-10-17-15(7-6-14-5-4-13-20-14)16(18-2)8-11-19-12-9-16/h4-5,13,15,17H,3,6-12H2,1-2H3. The van der Waals surface area contributed by atoms with Crippen molar-refractivity contribution in [2.45, 2.75) is 50.7 Å². The molecule has 2 heterocycles. The Morgan fingerprint density at radius 3 is 2.85 bits per heavy atom. The zero-order chi connectivity index (χ0) is 14.3. The molecule has 0 spiro atoms. The van der Waals surface area contributed by atoms with Crippen molar-refractivity contribution in [3.63, 3.8) is 0 Å². The largest absolute Gasteiger partial charge is 0.381 e. The highest BCUT2D eigenvalue weighted by atomic mass is 32.1. The molecule has 1 aliphatic heterocycles. The van der Waals surface area contributed by atoms with Crippen molar-refractivity contribution in [1.82, 2.24) is 5.32 Å². The van der Waals surface area contributed by atoms with Gasteiger partial charge in [0.25, 0.3) is 0 Å². The Morgan fingerprint density at radius 1 is 1.45 bits per heavy atom. The van der Waals surface area contributed by atoms with E-state index in [0.29, 0.717) is 6.04 Å². The van der Waals surface area contributed by atoms with Crippen LogP contribution in [0.1, 0.15) is 37.5 Å². The van der Waals surface area contributed by atoms with E-state index in [-0.39, 0.29) is 5.60 Å². The minimum absolute atomic E-state index is 0.0509. The van der Waals surface area contributed by atoms with Crippen LogP contribution in [0.3, 0.4) is 0 Å². The molecule has 0 bridgehead atoms. The molecule has 1 aliphatic rings. The van der Waals surface area contributed by atoms with Gasteiger partial charge in [-0.15, -0.1) is 11.3 Å². The molecule has 4 heteroatoms. The summed E-state index contributed by atoms with van der Waals surface area (Å²) in [6, 6.07) is 4.78. The van der Waals surface area contributed by atoms with E-state index in [9.17, 15) is 0 Å². The third-order valence-corrected chi connectivity index (χ3v) is 5.22. The first kappa shape index (κ1) is 16.0. The lowest BCUT2D eigenvalue weighted by molar-refractivity contribution is -0.111. The molecule has 0 saturated carbocycles. The first-order valence-electron chi connectivity index (χ1n) is 7.69. The molecule has 2 rings (SSSR count). The highest BCUT2D eigenvalue weighted by molar-refractivity contribution is 7.09. The van der Waals surface area contributed by atoms with Crippen LogP contribution in [0.15, 0.2) is 17.5 Å². The second-order valence-electron chi connectivity index (χ2n) is 5.51. The minimum atomic E-state index is -0.0509. The molecule has 3 nitrogen and oxygen atoms in total. The van der Waals surface area contributed by atoms with Crippen molar-refractivity contribution in [3.8, 4) is 0 Å². The number of nitrogens with one attached hydrogen (secondary N) is 1. The molecule has 1 fully saturated rings. The van der Waals surface area contributed by atoms with Crippen LogP contribution >= 0.6 is 11.3 Å². The fourth-order valence-electron chi connectivity index (χ4n) is 3.02. The van der Waals surface area contributed by atoms with E-state index in [1.807, 2.05) is 18.4 Å². The zero-order valence-electron chi connectivity index (χ0n) is 12.7. The predicted octanol–water partition coefficient (Wildman–Crippen LogP) is 3.24. The number of methoxy groups -OCH3 is 1. The van der Waals surface area contributed by atoms with Gasteiger partial charge in [-0.1, -0.05) is 13.0 Å². The van der Waals surface area contributed by atoms with Gasteiger partial charge in [-0.25, -0.2) is 0 Å². The van der Waals surface area contributed by atoms with E-state index in [4.69, 9.17) is 9.47 Å². The van der Waals surface area contributed by atoms with Gasteiger partial charge in [0.15, 0.2) is 0 Å². The van der Waals surface area contributed by atoms with Gasteiger partial charge in [-0.05, 0) is 37.3 Å². The topological polar surface area (TPSA) is 30.5 Å². The quantitative estimate of drug-likeness (QED) is 0.799. The maximum Gasteiger partial charge on any atom is 0.0874 e. The Labute approximate surface area is 126 Å². The normalized spacial score (nSPS) is 19.9. The Hall–Kier alpha value is -0.420. The van der Waals surface area contributed by atoms with Gasteiger partial charge in [0, 0.05) is 44.1 Å². The third kappa shape index (κ3) is 4.04. The van der Waals surface area contributed by atoms with E-state index in [0.717, 1.165) is 51.9 Å². The summed E-state index contributed by atoms with van der Waals surface area (Å²) >= 11 is 1.85. The van der Waals surface area contributed by atoms with Gasteiger partial charge in [-0.3, -0.25) is 0 Å². The van der Waals surface area contributed by atoms with Crippen molar-refractivity contribution in [1.29, 1.82) is 0 Å². The molecular weight excluding hydrogens is 270 g/mol. The summed E-state index contributed by atoms with van der Waals surface area (Å²) in [7, 11) is 1.86. The Morgan fingerprint density at radius 2 is 2.25 bits per heavy atom. The highest BCUT2D eigenvalue weighted by Gasteiger charge is 2.39. The van der Waals surface area contributed by atoms with E-state index >= 15 is 0 Å². The highest BCUT2D eigenvalue weighted by Crippen LogP contribution is 2.31. The summed E-state index contributed by atoms with van der Waals surface area (Å²) in [5, 5.41) is 5.87. The molecular formula is C16H27NO2S. The van der Waals surface area contributed by atoms with Crippen LogP contribution in [-0.4, -0.2) is 38.5 Å². The zero-order valence-corrected chi connectivity index (χ0v) is 13.5. The summed E-state index contributed by atoms with van der Waals surface area (Å²) in [5.74, 6) is 0. The Bertz CT molecular complexity index is 361. The van der Waals surface area contributed by atoms with E-state index < -0.39 is 0 Å². The number of hydrogen-bond acceptors (Lipinski definition) is 4. The Kier molecular flexibility index (Phi) is 6.49. The smallest absolute Gasteiger partial charge is 0.0874 e. The maximum absolute atomic E-state index is 5.97. The first-order chi connectivity index (χ1) is 9.80. The third-order valence-electron chi connectivity index (χ3n) is 4.28. The van der Waals surface area contributed by atoms with Crippen LogP contribution in [0.25, 0.3) is 0 Å². The van der Waals surface area contributed by atoms with Gasteiger partial charge >= 0.3 is 0 Å². The molecule has 0 aromatic carbocycles. The van der Waals surface area contributed by atoms with Crippen LogP contribution < -0.4 is 5.32 Å². The number of thiophene rings is 1. The minimum Gasteiger partial charge on any atom is -0.381 e. The summed E-state index contributed by atoms with van der Waals surface area (Å²) in [4.78, 5) is 1.46. The SMILES string of the molecule is CCCNC(CCc1cccs1)C1(OC)CCOCC1. The molecule has 1 N–H and O–H groups in total. The lowest BCUT2D eigenvalue weighted by Gasteiger charge is -2.43. The van der Waals surface area contributed by atoms with Gasteiger partial charge in [0.2, 0.25) is 0 Å². The average Bonchev–Trinajstić information content (AvgIpc) is 3.01. The molecule has 0 amide bonds. The van der Waals surface area contributed by atoms with Crippen LogP contribution in [0.5, 0.6) is 0 Å². The number of rotatable bonds is 8. The number of ether oxygens (including phenoxy) is 2. The fourth-order valence-corrected chi connectivity index (χ4v) is 3.75. The first-order valence-corrected chi connectivity index (χ1v) is 8.57. The van der Waals surface area contributed by atoms with E-state index in [1.54, 1.807) is 0 Å². The van der Waals surface area contributed by atoms with Gasteiger partial charge in [0.05, 0.1) is 5.60 Å². The second kappa shape index (κ2) is 8.13. The second-order valence-corrected chi connectivity index (χ2v) is 6.54. The molecule has 20 heavy (non-hydrogen) atoms. The predicted molar refractivity (Wildman–Crippen MR) is 84.5 cm³/mol. The van der Waals surface area contributed by atoms with Gasteiger partial charge < -0.3 is 14.8 Å². The average molecular weight is 297 g/mol. The molecule has 1 aromatic heterocycles. The summed E-state index contributed by atoms with van der Waals surface area (Å²) in [6.07, 6.45) is 5.41. The summed E-state index contributed by atoms with van der Waals surface area (Å²) in [5.41, 5.74) is -0.0509. The van der Waals surface area contributed by atoms with E-state index in [2.05, 4.69) is 29.8 Å². The monoisotopic (exact) mass is 297 g/mol. The Balaban J connectivity index is 2.00. The summed E-state index contributed by atoms with van der Waals surface area (Å²) < 4.78 is 11.5. The van der Waals surface area contributed by atoms with Crippen molar-refractivity contribution in [2.24, 2.45) is 0 Å². The van der Waals surface area contributed by atoms with Crippen LogP contribution in [0.2, 0.25) is 0 Å². The molecule has 1 aromatic rings. The lowest BCUT2D eigenvalue weighted by Crippen LogP contribution is -2.55. The van der Waals surface area contributed by atoms with Crippen molar-refractivity contribution in [3.05, 3.63) is 22.4 Å². The van der Waals surface area contributed by atoms with Gasteiger partial charge in [0.1, 0.15) is 0 Å². The number of aryl methyl sites for hydroxylation is 1. The van der Waals surface area contributed by atoms with Crippen LogP contribution in [0, 0.1) is 0 Å². The fraction of sp³-hybridized carbons (Fsp3) is 0.750. The maximum atomic E-state index is 5.97. The molecule has 0 radical (unpaired) electrons. The van der Waals surface area contributed by atoms with Gasteiger partial charge in [-0.2, -0.15) is 0 Å². The lowest BCUT2D eigenvalue weighted by atomic mass is 9.83. The molecule has 0 aliphatic carbocycles. The van der Waals surface area contributed by atoms with Crippen molar-refractivity contribution < 1.29 is 9.47 Å². The van der Waals surface area contributed by atoms with E-state index in [1.165, 1.54) is 4.88 Å². The van der Waals surface area contributed by atoms with Crippen LogP contribution in [0.4, 0.5) is 0 Å². The molecule has 1 atom stereocenters. The van der Waals surface area contributed by atoms with Crippen molar-refractivity contribution >= 4 is 11.3 Å². The van der Waals surface area contributed by atoms with Crippen LogP contribution in [-0.2, 0) is 15.9 Å². The number of hydrogen-bond donors (Lipinski definition) is 1. The molecule has 1 unspecified atom stereocenters. The summed E-state index contributed by atoms with van der Waals surface area (Å²) in [6.45, 7) is 4.90. The molecule has 1 saturated heterocycles. The molecule has 114 valence electrons.